The van der Waals surface area contributed by atoms with Gasteiger partial charge >= 0.3 is 6.03 Å². The third kappa shape index (κ3) is 4.72. The van der Waals surface area contributed by atoms with Gasteiger partial charge in [0.05, 0.1) is 25.6 Å². The molecule has 2 amide bonds. The highest BCUT2D eigenvalue weighted by Gasteiger charge is 2.23. The van der Waals surface area contributed by atoms with Crippen molar-refractivity contribution in [3.8, 4) is 22.8 Å². The number of piperazine rings is 1. The van der Waals surface area contributed by atoms with Crippen molar-refractivity contribution in [1.29, 1.82) is 0 Å². The van der Waals surface area contributed by atoms with E-state index in [4.69, 9.17) is 9.47 Å². The van der Waals surface area contributed by atoms with Crippen LogP contribution in [-0.4, -0.2) is 61.3 Å². The number of urea groups is 1. The Kier molecular flexibility index (Phi) is 6.34. The Balaban J connectivity index is 1.40. The fourth-order valence-electron chi connectivity index (χ4n) is 3.57. The van der Waals surface area contributed by atoms with Crippen LogP contribution in [0.5, 0.6) is 11.5 Å². The highest BCUT2D eigenvalue weighted by molar-refractivity contribution is 5.91. The van der Waals surface area contributed by atoms with E-state index in [1.807, 2.05) is 12.1 Å². The summed E-state index contributed by atoms with van der Waals surface area (Å²) in [6.45, 7) is 2.28. The lowest BCUT2D eigenvalue weighted by molar-refractivity contribution is 0.208. The Bertz CT molecular complexity index is 1100. The summed E-state index contributed by atoms with van der Waals surface area (Å²) in [6.07, 6.45) is 1.48. The van der Waals surface area contributed by atoms with Gasteiger partial charge in [-0.25, -0.2) is 19.2 Å². The maximum Gasteiger partial charge on any atom is 0.322 e. The van der Waals surface area contributed by atoms with Crippen molar-refractivity contribution in [2.75, 3.05) is 50.6 Å². The number of hydrogen-bond acceptors (Lipinski definition) is 6. The van der Waals surface area contributed by atoms with Gasteiger partial charge < -0.3 is 24.6 Å². The lowest BCUT2D eigenvalue weighted by Gasteiger charge is -2.35. The Morgan fingerprint density at radius 3 is 2.53 bits per heavy atom. The summed E-state index contributed by atoms with van der Waals surface area (Å²) in [5.41, 5.74) is 1.90. The summed E-state index contributed by atoms with van der Waals surface area (Å²) < 4.78 is 24.1. The highest BCUT2D eigenvalue weighted by atomic mass is 19.1. The van der Waals surface area contributed by atoms with Crippen molar-refractivity contribution in [2.45, 2.75) is 0 Å². The van der Waals surface area contributed by atoms with Gasteiger partial charge in [0.15, 0.2) is 0 Å². The molecule has 8 nitrogen and oxygen atoms in total. The lowest BCUT2D eigenvalue weighted by Crippen LogP contribution is -2.50. The molecule has 3 aromatic rings. The second-order valence-electron chi connectivity index (χ2n) is 7.24. The number of ether oxygens (including phenoxy) is 2. The van der Waals surface area contributed by atoms with Crippen LogP contribution in [0, 0.1) is 5.82 Å². The van der Waals surface area contributed by atoms with Crippen LogP contribution >= 0.6 is 0 Å². The molecule has 9 heteroatoms. The molecule has 2 heterocycles. The van der Waals surface area contributed by atoms with E-state index < -0.39 is 0 Å². The molecule has 1 aliphatic rings. The first kappa shape index (κ1) is 21.4. The summed E-state index contributed by atoms with van der Waals surface area (Å²) in [6, 6.07) is 13.2. The number of rotatable bonds is 5. The molecule has 1 fully saturated rings. The number of nitrogens with zero attached hydrogens (tertiary/aromatic N) is 4. The van der Waals surface area contributed by atoms with Gasteiger partial charge in [-0.05, 0) is 24.3 Å². The monoisotopic (exact) mass is 437 g/mol. The summed E-state index contributed by atoms with van der Waals surface area (Å²) in [5, 5.41) is 2.90. The second-order valence-corrected chi connectivity index (χ2v) is 7.24. The van der Waals surface area contributed by atoms with Gasteiger partial charge in [0.2, 0.25) is 0 Å². The van der Waals surface area contributed by atoms with E-state index in [1.54, 1.807) is 43.4 Å². The smallest absolute Gasteiger partial charge is 0.322 e. The molecular formula is C23H24FN5O3. The molecule has 0 saturated carbocycles. The molecule has 166 valence electrons. The minimum absolute atomic E-state index is 0.209. The lowest BCUT2D eigenvalue weighted by atomic mass is 10.1. The first-order valence-corrected chi connectivity index (χ1v) is 10.2. The molecular weight excluding hydrogens is 413 g/mol. The number of carbonyl (C=O) groups excluding carboxylic acids is 1. The van der Waals surface area contributed by atoms with Gasteiger partial charge in [0, 0.05) is 43.9 Å². The third-order valence-electron chi connectivity index (χ3n) is 5.31. The molecule has 0 bridgehead atoms. The maximum absolute atomic E-state index is 13.6. The molecule has 1 saturated heterocycles. The number of carbonyl (C=O) groups is 1. The minimum atomic E-state index is -0.310. The summed E-state index contributed by atoms with van der Waals surface area (Å²) in [4.78, 5) is 25.2. The Labute approximate surface area is 185 Å². The van der Waals surface area contributed by atoms with E-state index >= 15 is 0 Å². The van der Waals surface area contributed by atoms with E-state index in [2.05, 4.69) is 20.2 Å². The number of methoxy groups -OCH3 is 2. The van der Waals surface area contributed by atoms with Crippen molar-refractivity contribution < 1.29 is 18.7 Å². The number of benzene rings is 2. The van der Waals surface area contributed by atoms with Crippen LogP contribution < -0.4 is 19.7 Å². The average molecular weight is 437 g/mol. The fourth-order valence-corrected chi connectivity index (χ4v) is 3.57. The van der Waals surface area contributed by atoms with Crippen molar-refractivity contribution in [3.63, 3.8) is 0 Å². The summed E-state index contributed by atoms with van der Waals surface area (Å²) in [7, 11) is 3.12. The van der Waals surface area contributed by atoms with Crippen molar-refractivity contribution >= 4 is 17.5 Å². The number of amides is 2. The van der Waals surface area contributed by atoms with E-state index in [0.29, 0.717) is 54.6 Å². The van der Waals surface area contributed by atoms with E-state index in [9.17, 15) is 9.18 Å². The zero-order chi connectivity index (χ0) is 22.5. The maximum atomic E-state index is 13.6. The number of nitrogens with one attached hydrogen (secondary N) is 1. The molecule has 1 aromatic heterocycles. The summed E-state index contributed by atoms with van der Waals surface area (Å²) >= 11 is 0. The van der Waals surface area contributed by atoms with Crippen LogP contribution in [0.4, 0.5) is 20.7 Å². The van der Waals surface area contributed by atoms with Crippen LogP contribution in [0.1, 0.15) is 0 Å². The standard InChI is InChI=1S/C23H24FN5O3/c1-31-18-6-7-21(32-2)20(13-18)27-23(30)29-10-8-28(9-11-29)22-14-19(25-15-26-22)16-4-3-5-17(24)12-16/h3-7,12-15H,8-11H2,1-2H3,(H,27,30). The average Bonchev–Trinajstić information content (AvgIpc) is 2.84. The number of hydrogen-bond donors (Lipinski definition) is 1. The van der Waals surface area contributed by atoms with E-state index in [-0.39, 0.29) is 11.8 Å². The van der Waals surface area contributed by atoms with Gasteiger partial charge in [0.25, 0.3) is 0 Å². The van der Waals surface area contributed by atoms with Gasteiger partial charge in [-0.2, -0.15) is 0 Å². The van der Waals surface area contributed by atoms with Crippen LogP contribution in [0.2, 0.25) is 0 Å². The number of halogens is 1. The molecule has 32 heavy (non-hydrogen) atoms. The quantitative estimate of drug-likeness (QED) is 0.656. The number of aromatic nitrogens is 2. The Morgan fingerprint density at radius 1 is 1.00 bits per heavy atom. The van der Waals surface area contributed by atoms with Gasteiger partial charge in [-0.1, -0.05) is 12.1 Å². The van der Waals surface area contributed by atoms with Crippen molar-refractivity contribution in [1.82, 2.24) is 14.9 Å². The molecule has 0 unspecified atom stereocenters. The molecule has 2 aromatic carbocycles. The second kappa shape index (κ2) is 9.51. The first-order chi connectivity index (χ1) is 15.6. The Morgan fingerprint density at radius 2 is 1.81 bits per heavy atom. The topological polar surface area (TPSA) is 79.8 Å². The zero-order valence-electron chi connectivity index (χ0n) is 17.9. The van der Waals surface area contributed by atoms with Gasteiger partial charge in [-0.15, -0.1) is 0 Å². The van der Waals surface area contributed by atoms with Crippen LogP contribution in [0.3, 0.4) is 0 Å². The van der Waals surface area contributed by atoms with Crippen LogP contribution in [0.15, 0.2) is 54.9 Å². The minimum Gasteiger partial charge on any atom is -0.497 e. The number of anilines is 2. The third-order valence-corrected chi connectivity index (χ3v) is 5.31. The first-order valence-electron chi connectivity index (χ1n) is 10.2. The van der Waals surface area contributed by atoms with Crippen molar-refractivity contribution in [2.24, 2.45) is 0 Å². The molecule has 0 radical (unpaired) electrons. The largest absolute Gasteiger partial charge is 0.497 e. The molecule has 0 spiro atoms. The molecule has 1 aliphatic heterocycles. The van der Waals surface area contributed by atoms with E-state index in [1.165, 1.54) is 18.5 Å². The van der Waals surface area contributed by atoms with Gasteiger partial charge in [0.1, 0.15) is 29.5 Å². The van der Waals surface area contributed by atoms with Crippen LogP contribution in [0.25, 0.3) is 11.3 Å². The van der Waals surface area contributed by atoms with Gasteiger partial charge in [-0.3, -0.25) is 0 Å². The SMILES string of the molecule is COc1ccc(OC)c(NC(=O)N2CCN(c3cc(-c4cccc(F)c4)ncn3)CC2)c1. The van der Waals surface area contributed by atoms with Crippen LogP contribution in [-0.2, 0) is 0 Å². The Hall–Kier alpha value is -3.88. The zero-order valence-corrected chi connectivity index (χ0v) is 17.9. The predicted molar refractivity (Wildman–Crippen MR) is 120 cm³/mol. The van der Waals surface area contributed by atoms with E-state index in [0.717, 1.165) is 5.82 Å². The fraction of sp³-hybridized carbons (Fsp3) is 0.261. The molecule has 1 N–H and O–H groups in total. The van der Waals surface area contributed by atoms with Crippen molar-refractivity contribution in [3.05, 3.63) is 60.7 Å². The highest BCUT2D eigenvalue weighted by Crippen LogP contribution is 2.29. The molecule has 4 rings (SSSR count). The summed E-state index contributed by atoms with van der Waals surface area (Å²) in [5.74, 6) is 1.62. The predicted octanol–water partition coefficient (Wildman–Crippen LogP) is 3.65. The normalized spacial score (nSPS) is 13.6. The molecule has 0 aliphatic carbocycles. The molecule has 0 atom stereocenters.